The summed E-state index contributed by atoms with van der Waals surface area (Å²) in [5.41, 5.74) is 3.44. The van der Waals surface area contributed by atoms with E-state index in [9.17, 15) is 20.4 Å². The topological polar surface area (TPSA) is 131 Å². The first-order valence-electron chi connectivity index (χ1n) is 10.8. The van der Waals surface area contributed by atoms with E-state index in [-0.39, 0.29) is 0 Å². The first-order chi connectivity index (χ1) is 16.5. The first-order valence-corrected chi connectivity index (χ1v) is 10.8. The highest BCUT2D eigenvalue weighted by molar-refractivity contribution is 5.82. The molecule has 0 aliphatic carbocycles. The molecular formula is C24H25N3O7. The number of rotatable bonds is 7. The number of para-hydroxylation sites is 1. The van der Waals surface area contributed by atoms with Gasteiger partial charge in [0, 0.05) is 24.6 Å². The predicted molar refractivity (Wildman–Crippen MR) is 120 cm³/mol. The monoisotopic (exact) mass is 467 g/mol. The number of imidazole rings is 1. The van der Waals surface area contributed by atoms with Crippen LogP contribution in [0.2, 0.25) is 0 Å². The van der Waals surface area contributed by atoms with Crippen LogP contribution in [0.25, 0.3) is 16.7 Å². The van der Waals surface area contributed by atoms with Crippen molar-refractivity contribution in [1.29, 1.82) is 0 Å². The largest absolute Gasteiger partial charge is 0.394 e. The van der Waals surface area contributed by atoms with Crippen LogP contribution in [0.15, 0.2) is 73.3 Å². The number of nitrogens with zero attached hydrogens (tertiary/aromatic N) is 3. The van der Waals surface area contributed by atoms with Gasteiger partial charge in [-0.05, 0) is 42.0 Å². The number of aromatic nitrogens is 3. The third kappa shape index (κ3) is 4.30. The van der Waals surface area contributed by atoms with E-state index in [4.69, 9.17) is 14.5 Å². The smallest absolute Gasteiger partial charge is 0.191 e. The van der Waals surface area contributed by atoms with Gasteiger partial charge in [0.2, 0.25) is 0 Å². The lowest BCUT2D eigenvalue weighted by atomic mass is 9.99. The van der Waals surface area contributed by atoms with Crippen molar-refractivity contribution in [2.24, 2.45) is 0 Å². The quantitative estimate of drug-likeness (QED) is 0.234. The van der Waals surface area contributed by atoms with Crippen molar-refractivity contribution in [2.45, 2.75) is 37.3 Å². The number of ether oxygens (including phenoxy) is 1. The third-order valence-electron chi connectivity index (χ3n) is 5.88. The summed E-state index contributed by atoms with van der Waals surface area (Å²) in [5.74, 6) is 0.317. The second-order valence-corrected chi connectivity index (χ2v) is 8.13. The van der Waals surface area contributed by atoms with Gasteiger partial charge in [0.15, 0.2) is 18.1 Å². The van der Waals surface area contributed by atoms with Gasteiger partial charge >= 0.3 is 0 Å². The Morgan fingerprint density at radius 3 is 2.44 bits per heavy atom. The van der Waals surface area contributed by atoms with E-state index < -0.39 is 37.3 Å². The maximum absolute atomic E-state index is 10.3. The van der Waals surface area contributed by atoms with E-state index in [2.05, 4.69) is 4.98 Å². The average Bonchev–Trinajstić information content (AvgIpc) is 3.53. The number of fused-ring (bicyclic) bond motifs is 1. The van der Waals surface area contributed by atoms with Gasteiger partial charge in [-0.2, -0.15) is 4.89 Å². The second kappa shape index (κ2) is 9.55. The Morgan fingerprint density at radius 1 is 0.941 bits per heavy atom. The minimum absolute atomic E-state index is 0.317. The molecule has 4 aromatic rings. The van der Waals surface area contributed by atoms with Crippen LogP contribution >= 0.6 is 0 Å². The van der Waals surface area contributed by atoms with Gasteiger partial charge in [-0.3, -0.25) is 0 Å². The second-order valence-electron chi connectivity index (χ2n) is 8.13. The summed E-state index contributed by atoms with van der Waals surface area (Å²) in [6, 6.07) is 17.3. The summed E-state index contributed by atoms with van der Waals surface area (Å²) in [4.78, 5) is 15.2. The zero-order valence-corrected chi connectivity index (χ0v) is 18.1. The van der Waals surface area contributed by atoms with Gasteiger partial charge in [-0.25, -0.2) is 4.98 Å². The van der Waals surface area contributed by atoms with Crippen LogP contribution < -0.4 is 4.89 Å². The van der Waals surface area contributed by atoms with Gasteiger partial charge in [-0.1, -0.05) is 18.2 Å². The average molecular weight is 467 g/mol. The summed E-state index contributed by atoms with van der Waals surface area (Å²) >= 11 is 0. The van der Waals surface area contributed by atoms with Crippen molar-refractivity contribution >= 4 is 11.0 Å². The van der Waals surface area contributed by atoms with Crippen molar-refractivity contribution in [1.82, 2.24) is 14.1 Å². The SMILES string of the molecule is OC[C@H]1O[C@@H](O)[C@H](OOc2cccc3ncn(Cc4ccc(-n5cccc5)cc4)c23)[C@@H](O)[C@@H]1O. The fourth-order valence-corrected chi connectivity index (χ4v) is 4.04. The lowest BCUT2D eigenvalue weighted by Gasteiger charge is -2.38. The fraction of sp³-hybridized carbons (Fsp3) is 0.292. The maximum atomic E-state index is 10.3. The Bertz CT molecular complexity index is 1230. The fourth-order valence-electron chi connectivity index (χ4n) is 4.04. The molecule has 0 spiro atoms. The lowest BCUT2D eigenvalue weighted by molar-refractivity contribution is -0.364. The van der Waals surface area contributed by atoms with E-state index in [1.165, 1.54) is 0 Å². The van der Waals surface area contributed by atoms with Gasteiger partial charge in [0.25, 0.3) is 0 Å². The molecule has 5 atom stereocenters. The Morgan fingerprint density at radius 2 is 1.71 bits per heavy atom. The molecule has 1 saturated heterocycles. The zero-order valence-electron chi connectivity index (χ0n) is 18.1. The Balaban J connectivity index is 1.34. The van der Waals surface area contributed by atoms with E-state index >= 15 is 0 Å². The molecule has 5 rings (SSSR count). The molecule has 34 heavy (non-hydrogen) atoms. The minimum Gasteiger partial charge on any atom is -0.394 e. The van der Waals surface area contributed by atoms with Gasteiger partial charge in [0.1, 0.15) is 23.8 Å². The number of benzene rings is 2. The molecule has 1 aliphatic heterocycles. The first kappa shape index (κ1) is 22.5. The Kier molecular flexibility index (Phi) is 6.33. The highest BCUT2D eigenvalue weighted by atomic mass is 17.2. The highest BCUT2D eigenvalue weighted by Crippen LogP contribution is 2.28. The van der Waals surface area contributed by atoms with Crippen LogP contribution in [0, 0.1) is 0 Å². The predicted octanol–water partition coefficient (Wildman–Crippen LogP) is 0.986. The summed E-state index contributed by atoms with van der Waals surface area (Å²) < 4.78 is 9.03. The molecular weight excluding hydrogens is 442 g/mol. The van der Waals surface area contributed by atoms with Crippen LogP contribution in [0.3, 0.4) is 0 Å². The third-order valence-corrected chi connectivity index (χ3v) is 5.88. The van der Waals surface area contributed by atoms with Crippen LogP contribution in [0.4, 0.5) is 0 Å². The van der Waals surface area contributed by atoms with Gasteiger partial charge in [0.05, 0.1) is 18.5 Å². The molecule has 0 unspecified atom stereocenters. The van der Waals surface area contributed by atoms with E-state index in [0.717, 1.165) is 11.3 Å². The molecule has 3 heterocycles. The standard InChI is InChI=1S/C24H25N3O7/c28-13-19-21(29)22(30)23(24(31)32-19)34-33-18-5-3-4-17-20(18)27(14-25-17)12-15-6-8-16(9-7-15)26-10-1-2-11-26/h1-11,14,19,21-24,28-31H,12-13H2/t19-,21-,22+,23-,24-/m1/s1. The van der Waals surface area contributed by atoms with Crippen LogP contribution in [0.1, 0.15) is 5.56 Å². The zero-order chi connectivity index (χ0) is 23.7. The van der Waals surface area contributed by atoms with E-state index in [0.29, 0.717) is 23.3 Å². The maximum Gasteiger partial charge on any atom is 0.191 e. The van der Waals surface area contributed by atoms with Crippen molar-refractivity contribution in [3.05, 3.63) is 78.9 Å². The summed E-state index contributed by atoms with van der Waals surface area (Å²) in [7, 11) is 0. The number of hydrogen-bond acceptors (Lipinski definition) is 8. The van der Waals surface area contributed by atoms with Crippen molar-refractivity contribution in [3.8, 4) is 11.4 Å². The molecule has 4 N–H and O–H groups in total. The molecule has 1 fully saturated rings. The number of aliphatic hydroxyl groups excluding tert-OH is 4. The Labute approximate surface area is 194 Å². The summed E-state index contributed by atoms with van der Waals surface area (Å²) in [6.07, 6.45) is -1.42. The summed E-state index contributed by atoms with van der Waals surface area (Å²) in [5, 5.41) is 39.7. The molecule has 0 saturated carbocycles. The molecule has 10 heteroatoms. The van der Waals surface area contributed by atoms with Crippen molar-refractivity contribution in [3.63, 3.8) is 0 Å². The van der Waals surface area contributed by atoms with E-state index in [1.54, 1.807) is 18.5 Å². The van der Waals surface area contributed by atoms with Crippen molar-refractivity contribution < 1.29 is 34.9 Å². The van der Waals surface area contributed by atoms with Crippen LogP contribution in [0.5, 0.6) is 5.75 Å². The normalized spacial score (nSPS) is 25.0. The minimum atomic E-state index is -1.60. The number of hydrogen-bond donors (Lipinski definition) is 4. The molecule has 0 bridgehead atoms. The van der Waals surface area contributed by atoms with E-state index in [1.807, 2.05) is 64.0 Å². The molecule has 1 aliphatic rings. The summed E-state index contributed by atoms with van der Waals surface area (Å²) in [6.45, 7) is -0.0364. The number of aliphatic hydroxyl groups is 4. The van der Waals surface area contributed by atoms with Gasteiger partial charge in [-0.15, -0.1) is 0 Å². The molecule has 0 radical (unpaired) electrons. The van der Waals surface area contributed by atoms with Gasteiger partial charge < -0.3 is 39.2 Å². The molecule has 2 aromatic heterocycles. The molecule has 0 amide bonds. The molecule has 2 aromatic carbocycles. The van der Waals surface area contributed by atoms with Crippen molar-refractivity contribution in [2.75, 3.05) is 6.61 Å². The molecule has 178 valence electrons. The molecule has 10 nitrogen and oxygen atoms in total. The van der Waals surface area contributed by atoms with Crippen LogP contribution in [-0.2, 0) is 16.2 Å². The lowest BCUT2D eigenvalue weighted by Crippen LogP contribution is -2.59. The Hall–Kier alpha value is -3.25. The van der Waals surface area contributed by atoms with Crippen LogP contribution in [-0.4, -0.2) is 71.9 Å². The highest BCUT2D eigenvalue weighted by Gasteiger charge is 2.45.